The second kappa shape index (κ2) is 7.62. The van der Waals surface area contributed by atoms with Crippen LogP contribution in [0.3, 0.4) is 0 Å². The molecule has 124 valence electrons. The topological polar surface area (TPSA) is 46.5 Å². The Balaban J connectivity index is 2.74. The number of rotatable bonds is 7. The van der Waals surface area contributed by atoms with Crippen molar-refractivity contribution in [2.24, 2.45) is 17.3 Å². The molecule has 1 rings (SSSR count). The number of aliphatic hydroxyl groups is 1. The van der Waals surface area contributed by atoms with Crippen molar-refractivity contribution in [1.82, 2.24) is 0 Å². The first-order valence-electron chi connectivity index (χ1n) is 8.71. The molecule has 0 aliphatic heterocycles. The van der Waals surface area contributed by atoms with Crippen molar-refractivity contribution in [1.29, 1.82) is 0 Å². The number of carbonyl (C=O) groups excluding carboxylic acids is 1. The Bertz CT molecular complexity index is 329. The van der Waals surface area contributed by atoms with Gasteiger partial charge in [-0.05, 0) is 56.3 Å². The molecule has 1 aliphatic carbocycles. The zero-order chi connectivity index (χ0) is 16.1. The van der Waals surface area contributed by atoms with E-state index in [0.717, 1.165) is 32.1 Å². The molecule has 1 saturated carbocycles. The van der Waals surface area contributed by atoms with Gasteiger partial charge in [-0.1, -0.05) is 40.5 Å². The third-order valence-electron chi connectivity index (χ3n) is 5.68. The van der Waals surface area contributed by atoms with Crippen LogP contribution in [0, 0.1) is 17.3 Å². The zero-order valence-corrected chi connectivity index (χ0v) is 14.6. The van der Waals surface area contributed by atoms with E-state index < -0.39 is 11.6 Å². The maximum atomic E-state index is 12.2. The molecule has 0 aromatic heterocycles. The highest BCUT2D eigenvalue weighted by molar-refractivity contribution is 5.79. The van der Waals surface area contributed by atoms with E-state index in [-0.39, 0.29) is 5.92 Å². The molecule has 1 atom stereocenters. The van der Waals surface area contributed by atoms with E-state index >= 15 is 0 Å². The maximum absolute atomic E-state index is 12.2. The van der Waals surface area contributed by atoms with Gasteiger partial charge in [-0.2, -0.15) is 0 Å². The van der Waals surface area contributed by atoms with Gasteiger partial charge in [0.25, 0.3) is 0 Å². The lowest BCUT2D eigenvalue weighted by Gasteiger charge is -2.43. The van der Waals surface area contributed by atoms with Crippen molar-refractivity contribution in [3.63, 3.8) is 0 Å². The van der Waals surface area contributed by atoms with Crippen molar-refractivity contribution >= 4 is 5.97 Å². The zero-order valence-electron chi connectivity index (χ0n) is 14.6. The van der Waals surface area contributed by atoms with Crippen LogP contribution in [0.15, 0.2) is 0 Å². The lowest BCUT2D eigenvalue weighted by Crippen LogP contribution is -2.48. The van der Waals surface area contributed by atoms with Gasteiger partial charge in [0.05, 0.1) is 6.61 Å². The minimum atomic E-state index is -1.27. The number of hydrogen-bond acceptors (Lipinski definition) is 3. The van der Waals surface area contributed by atoms with Crippen LogP contribution >= 0.6 is 0 Å². The van der Waals surface area contributed by atoms with Crippen LogP contribution in [0.2, 0.25) is 0 Å². The first-order valence-corrected chi connectivity index (χ1v) is 8.71. The van der Waals surface area contributed by atoms with Gasteiger partial charge in [-0.15, -0.1) is 0 Å². The third kappa shape index (κ3) is 4.21. The highest BCUT2D eigenvalue weighted by Gasteiger charge is 2.46. The molecule has 1 aliphatic rings. The summed E-state index contributed by atoms with van der Waals surface area (Å²) in [7, 11) is 0. The highest BCUT2D eigenvalue weighted by atomic mass is 16.5. The first kappa shape index (κ1) is 18.5. The second-order valence-corrected chi connectivity index (χ2v) is 7.29. The molecular weight excluding hydrogens is 264 g/mol. The molecule has 0 aromatic carbocycles. The average Bonchev–Trinajstić information content (AvgIpc) is 2.47. The lowest BCUT2D eigenvalue weighted by molar-refractivity contribution is -0.175. The predicted molar refractivity (Wildman–Crippen MR) is 86.0 cm³/mol. The molecule has 0 amide bonds. The SMILES string of the molecule is CCCC(O)(C(=O)OCC)C1CCC(C(C)(C)CC)CC1. The van der Waals surface area contributed by atoms with Gasteiger partial charge in [-0.25, -0.2) is 4.79 Å². The summed E-state index contributed by atoms with van der Waals surface area (Å²) in [6.45, 7) is 11.1. The molecule has 3 heteroatoms. The molecule has 0 heterocycles. The molecule has 0 bridgehead atoms. The Morgan fingerprint density at radius 3 is 2.05 bits per heavy atom. The van der Waals surface area contributed by atoms with Crippen LogP contribution in [0.25, 0.3) is 0 Å². The Kier molecular flexibility index (Phi) is 6.71. The standard InChI is InChI=1S/C18H34O3/c1-6-13-18(20,16(19)21-8-3)15-11-9-14(10-12-15)17(4,5)7-2/h14-15,20H,6-13H2,1-5H3. The van der Waals surface area contributed by atoms with E-state index in [4.69, 9.17) is 4.74 Å². The van der Waals surface area contributed by atoms with Crippen molar-refractivity contribution < 1.29 is 14.6 Å². The minimum absolute atomic E-state index is 0.0559. The van der Waals surface area contributed by atoms with Gasteiger partial charge in [0.15, 0.2) is 5.60 Å². The van der Waals surface area contributed by atoms with Crippen molar-refractivity contribution in [2.45, 2.75) is 85.2 Å². The van der Waals surface area contributed by atoms with E-state index in [1.54, 1.807) is 6.92 Å². The normalized spacial score (nSPS) is 26.2. The maximum Gasteiger partial charge on any atom is 0.338 e. The monoisotopic (exact) mass is 298 g/mol. The fraction of sp³-hybridized carbons (Fsp3) is 0.944. The Morgan fingerprint density at radius 1 is 1.10 bits per heavy atom. The molecule has 0 radical (unpaired) electrons. The summed E-state index contributed by atoms with van der Waals surface area (Å²) < 4.78 is 5.14. The second-order valence-electron chi connectivity index (χ2n) is 7.29. The van der Waals surface area contributed by atoms with Gasteiger partial charge in [0.1, 0.15) is 0 Å². The minimum Gasteiger partial charge on any atom is -0.464 e. The molecule has 1 N–H and O–H groups in total. The van der Waals surface area contributed by atoms with Crippen LogP contribution in [-0.2, 0) is 9.53 Å². The first-order chi connectivity index (χ1) is 9.81. The summed E-state index contributed by atoms with van der Waals surface area (Å²) in [6, 6.07) is 0. The van der Waals surface area contributed by atoms with Crippen molar-refractivity contribution in [3.05, 3.63) is 0 Å². The summed E-state index contributed by atoms with van der Waals surface area (Å²) in [5.41, 5.74) is -0.913. The van der Waals surface area contributed by atoms with Gasteiger partial charge < -0.3 is 9.84 Å². The Labute approximate surface area is 130 Å². The lowest BCUT2D eigenvalue weighted by atomic mass is 9.64. The highest BCUT2D eigenvalue weighted by Crippen LogP contribution is 2.45. The summed E-state index contributed by atoms with van der Waals surface area (Å²) in [5.74, 6) is 0.345. The van der Waals surface area contributed by atoms with Crippen LogP contribution < -0.4 is 0 Å². The predicted octanol–water partition coefficient (Wildman–Crippen LogP) is 4.32. The van der Waals surface area contributed by atoms with E-state index in [2.05, 4.69) is 20.8 Å². The Morgan fingerprint density at radius 2 is 1.62 bits per heavy atom. The van der Waals surface area contributed by atoms with Crippen LogP contribution in [0.5, 0.6) is 0 Å². The smallest absolute Gasteiger partial charge is 0.338 e. The van der Waals surface area contributed by atoms with Gasteiger partial charge in [-0.3, -0.25) is 0 Å². The van der Waals surface area contributed by atoms with Gasteiger partial charge in [0.2, 0.25) is 0 Å². The number of ether oxygens (including phenoxy) is 1. The summed E-state index contributed by atoms with van der Waals surface area (Å²) in [5, 5.41) is 10.9. The molecule has 0 aromatic rings. The van der Waals surface area contributed by atoms with Crippen LogP contribution in [-0.4, -0.2) is 23.3 Å². The summed E-state index contributed by atoms with van der Waals surface area (Å²) in [6.07, 6.45) is 6.58. The van der Waals surface area contributed by atoms with Crippen molar-refractivity contribution in [3.8, 4) is 0 Å². The van der Waals surface area contributed by atoms with Crippen LogP contribution in [0.1, 0.15) is 79.6 Å². The van der Waals surface area contributed by atoms with E-state index in [9.17, 15) is 9.90 Å². The quantitative estimate of drug-likeness (QED) is 0.712. The molecule has 0 spiro atoms. The fourth-order valence-corrected chi connectivity index (χ4v) is 3.75. The molecule has 1 fully saturated rings. The molecular formula is C18H34O3. The number of hydrogen-bond donors (Lipinski definition) is 1. The number of carbonyl (C=O) groups is 1. The van der Waals surface area contributed by atoms with Crippen molar-refractivity contribution in [2.75, 3.05) is 6.61 Å². The van der Waals surface area contributed by atoms with E-state index in [1.165, 1.54) is 6.42 Å². The molecule has 21 heavy (non-hydrogen) atoms. The van der Waals surface area contributed by atoms with Gasteiger partial charge >= 0.3 is 5.97 Å². The Hall–Kier alpha value is -0.570. The van der Waals surface area contributed by atoms with E-state index in [1.807, 2.05) is 6.92 Å². The summed E-state index contributed by atoms with van der Waals surface area (Å²) >= 11 is 0. The molecule has 1 unspecified atom stereocenters. The largest absolute Gasteiger partial charge is 0.464 e. The molecule has 0 saturated heterocycles. The van der Waals surface area contributed by atoms with Crippen LogP contribution in [0.4, 0.5) is 0 Å². The average molecular weight is 298 g/mol. The third-order valence-corrected chi connectivity index (χ3v) is 5.68. The molecule has 3 nitrogen and oxygen atoms in total. The fourth-order valence-electron chi connectivity index (χ4n) is 3.75. The summed E-state index contributed by atoms with van der Waals surface area (Å²) in [4.78, 5) is 12.2. The van der Waals surface area contributed by atoms with Gasteiger partial charge in [0, 0.05) is 0 Å². The van der Waals surface area contributed by atoms with E-state index in [0.29, 0.717) is 24.4 Å². The number of esters is 1.